The first-order valence-corrected chi connectivity index (χ1v) is 9.73. The van der Waals surface area contributed by atoms with E-state index in [0.29, 0.717) is 30.1 Å². The van der Waals surface area contributed by atoms with Crippen LogP contribution in [0.25, 0.3) is 0 Å². The SMILES string of the molecule is C=C1CO[C@H](c2cccs2)C(C2=NS(=O)(=O)Oc3ccccc32)C1. The fourth-order valence-electron chi connectivity index (χ4n) is 3.09. The molecule has 0 aliphatic carbocycles. The zero-order valence-electron chi connectivity index (χ0n) is 12.7. The average Bonchev–Trinajstić information content (AvgIpc) is 3.07. The average molecular weight is 361 g/mol. The highest BCUT2D eigenvalue weighted by Crippen LogP contribution is 2.42. The summed E-state index contributed by atoms with van der Waals surface area (Å²) in [6.07, 6.45) is 0.390. The predicted molar refractivity (Wildman–Crippen MR) is 92.8 cm³/mol. The van der Waals surface area contributed by atoms with Crippen molar-refractivity contribution in [2.45, 2.75) is 12.5 Å². The van der Waals surface area contributed by atoms with Crippen LogP contribution in [-0.4, -0.2) is 20.7 Å². The number of benzene rings is 1. The molecular weight excluding hydrogens is 346 g/mol. The highest BCUT2D eigenvalue weighted by atomic mass is 32.2. The van der Waals surface area contributed by atoms with Crippen molar-refractivity contribution in [1.29, 1.82) is 0 Å². The fourth-order valence-corrected chi connectivity index (χ4v) is 4.82. The minimum absolute atomic E-state index is 0.218. The second kappa shape index (κ2) is 5.84. The molecule has 0 spiro atoms. The first-order valence-electron chi connectivity index (χ1n) is 7.49. The molecular formula is C17H15NO4S2. The van der Waals surface area contributed by atoms with E-state index < -0.39 is 10.3 Å². The summed E-state index contributed by atoms with van der Waals surface area (Å²) < 4.78 is 39.1. The van der Waals surface area contributed by atoms with Crippen LogP contribution in [0.2, 0.25) is 0 Å². The van der Waals surface area contributed by atoms with Crippen LogP contribution >= 0.6 is 11.3 Å². The number of hydrogen-bond donors (Lipinski definition) is 0. The number of rotatable bonds is 2. The van der Waals surface area contributed by atoms with Crippen LogP contribution in [-0.2, 0) is 15.0 Å². The van der Waals surface area contributed by atoms with Gasteiger partial charge < -0.3 is 8.92 Å². The molecule has 1 unspecified atom stereocenters. The molecule has 3 heterocycles. The lowest BCUT2D eigenvalue weighted by Gasteiger charge is -2.34. The second-order valence-electron chi connectivity index (χ2n) is 5.79. The number of nitrogens with zero attached hydrogens (tertiary/aromatic N) is 1. The summed E-state index contributed by atoms with van der Waals surface area (Å²) in [5, 5.41) is 1.98. The Morgan fingerprint density at radius 2 is 2.04 bits per heavy atom. The van der Waals surface area contributed by atoms with Gasteiger partial charge in [0.2, 0.25) is 0 Å². The highest BCUT2D eigenvalue weighted by Gasteiger charge is 2.38. The third-order valence-electron chi connectivity index (χ3n) is 4.08. The molecule has 2 aromatic rings. The van der Waals surface area contributed by atoms with Crippen molar-refractivity contribution in [2.75, 3.05) is 6.61 Å². The Kier molecular flexibility index (Phi) is 3.79. The van der Waals surface area contributed by atoms with Gasteiger partial charge in [0.1, 0.15) is 6.10 Å². The summed E-state index contributed by atoms with van der Waals surface area (Å²) in [4.78, 5) is 1.05. The molecule has 0 N–H and O–H groups in total. The van der Waals surface area contributed by atoms with Gasteiger partial charge in [-0.2, -0.15) is 8.42 Å². The molecule has 7 heteroatoms. The molecule has 5 nitrogen and oxygen atoms in total. The third kappa shape index (κ3) is 2.79. The van der Waals surface area contributed by atoms with Gasteiger partial charge in [0.25, 0.3) is 0 Å². The van der Waals surface area contributed by atoms with E-state index in [1.165, 1.54) is 0 Å². The molecule has 2 atom stereocenters. The Morgan fingerprint density at radius 3 is 2.83 bits per heavy atom. The number of thiophene rings is 1. The van der Waals surface area contributed by atoms with E-state index in [2.05, 4.69) is 11.0 Å². The van der Waals surface area contributed by atoms with Crippen LogP contribution in [0, 0.1) is 5.92 Å². The van der Waals surface area contributed by atoms with E-state index in [9.17, 15) is 8.42 Å². The largest absolute Gasteiger partial charge is 0.428 e. The third-order valence-corrected chi connectivity index (χ3v) is 5.83. The summed E-state index contributed by atoms with van der Waals surface area (Å²) in [5.41, 5.74) is 2.10. The molecule has 4 rings (SSSR count). The monoisotopic (exact) mass is 361 g/mol. The molecule has 0 amide bonds. The zero-order valence-corrected chi connectivity index (χ0v) is 14.3. The van der Waals surface area contributed by atoms with Crippen molar-refractivity contribution in [2.24, 2.45) is 10.3 Å². The minimum Gasteiger partial charge on any atom is -0.368 e. The second-order valence-corrected chi connectivity index (χ2v) is 7.98. The summed E-state index contributed by atoms with van der Waals surface area (Å²) in [5.74, 6) is 0.0911. The van der Waals surface area contributed by atoms with Gasteiger partial charge in [0.05, 0.1) is 12.3 Å². The lowest BCUT2D eigenvalue weighted by atomic mass is 9.84. The Bertz CT molecular complexity index is 916. The maximum atomic E-state index is 12.1. The number of fused-ring (bicyclic) bond motifs is 1. The Balaban J connectivity index is 1.84. The lowest BCUT2D eigenvalue weighted by Crippen LogP contribution is -2.33. The lowest BCUT2D eigenvalue weighted by molar-refractivity contribution is 0.0234. The molecule has 0 radical (unpaired) electrons. The van der Waals surface area contributed by atoms with E-state index >= 15 is 0 Å². The molecule has 24 heavy (non-hydrogen) atoms. The molecule has 1 aromatic heterocycles. The topological polar surface area (TPSA) is 65.0 Å². The van der Waals surface area contributed by atoms with Crippen molar-refractivity contribution in [3.63, 3.8) is 0 Å². The van der Waals surface area contributed by atoms with Crippen LogP contribution in [0.15, 0.2) is 58.3 Å². The summed E-state index contributed by atoms with van der Waals surface area (Å²) in [6, 6.07) is 11.0. The summed E-state index contributed by atoms with van der Waals surface area (Å²) in [7, 11) is -4.00. The quantitative estimate of drug-likeness (QED) is 0.768. The number of hydrogen-bond acceptors (Lipinski definition) is 5. The highest BCUT2D eigenvalue weighted by molar-refractivity contribution is 7.86. The van der Waals surface area contributed by atoms with Gasteiger partial charge in [0, 0.05) is 16.4 Å². The smallest absolute Gasteiger partial charge is 0.368 e. The van der Waals surface area contributed by atoms with Crippen molar-refractivity contribution < 1.29 is 17.3 Å². The Labute approximate surface area is 144 Å². The van der Waals surface area contributed by atoms with Gasteiger partial charge in [-0.3, -0.25) is 0 Å². The zero-order chi connectivity index (χ0) is 16.7. The molecule has 2 aliphatic rings. The van der Waals surface area contributed by atoms with Gasteiger partial charge in [-0.15, -0.1) is 15.7 Å². The van der Waals surface area contributed by atoms with Crippen LogP contribution in [0.3, 0.4) is 0 Å². The molecule has 0 saturated carbocycles. The Morgan fingerprint density at radius 1 is 1.21 bits per heavy atom. The van der Waals surface area contributed by atoms with Crippen molar-refractivity contribution >= 4 is 27.4 Å². The molecule has 0 bridgehead atoms. The van der Waals surface area contributed by atoms with Crippen molar-refractivity contribution in [3.05, 3.63) is 64.4 Å². The molecule has 1 aromatic carbocycles. The van der Waals surface area contributed by atoms with E-state index in [1.807, 2.05) is 29.6 Å². The maximum Gasteiger partial charge on any atom is 0.428 e. The fraction of sp³-hybridized carbons (Fsp3) is 0.235. The van der Waals surface area contributed by atoms with Crippen LogP contribution in [0.5, 0.6) is 5.75 Å². The summed E-state index contributed by atoms with van der Waals surface area (Å²) in [6.45, 7) is 4.48. The van der Waals surface area contributed by atoms with E-state index in [0.717, 1.165) is 10.5 Å². The first kappa shape index (κ1) is 15.6. The van der Waals surface area contributed by atoms with Gasteiger partial charge in [-0.1, -0.05) is 30.4 Å². The number of ether oxygens (including phenoxy) is 1. The molecule has 1 fully saturated rings. The first-order chi connectivity index (χ1) is 11.5. The Hall–Kier alpha value is -1.96. The van der Waals surface area contributed by atoms with E-state index in [1.54, 1.807) is 23.5 Å². The van der Waals surface area contributed by atoms with Gasteiger partial charge in [-0.25, -0.2) is 0 Å². The standard InChI is InChI=1S/C17H15NO4S2/c1-11-9-13(17(21-10-11)15-7-4-8-23-15)16-12-5-2-3-6-14(12)22-24(19,20)18-16/h2-8,13,17H,1,9-10H2/t13?,17-/m0/s1. The van der Waals surface area contributed by atoms with Crippen LogP contribution in [0.1, 0.15) is 23.0 Å². The molecule has 124 valence electrons. The van der Waals surface area contributed by atoms with Gasteiger partial charge >= 0.3 is 10.3 Å². The van der Waals surface area contributed by atoms with Crippen molar-refractivity contribution in [1.82, 2.24) is 0 Å². The van der Waals surface area contributed by atoms with Gasteiger partial charge in [-0.05, 0) is 30.0 Å². The van der Waals surface area contributed by atoms with E-state index in [-0.39, 0.29) is 12.0 Å². The van der Waals surface area contributed by atoms with Gasteiger partial charge in [0.15, 0.2) is 5.75 Å². The van der Waals surface area contributed by atoms with Crippen LogP contribution in [0.4, 0.5) is 0 Å². The normalized spacial score (nSPS) is 25.5. The maximum absolute atomic E-state index is 12.1. The van der Waals surface area contributed by atoms with E-state index in [4.69, 9.17) is 8.92 Å². The number of para-hydroxylation sites is 1. The molecule has 1 saturated heterocycles. The van der Waals surface area contributed by atoms with Crippen molar-refractivity contribution in [3.8, 4) is 5.75 Å². The minimum atomic E-state index is -4.00. The van der Waals surface area contributed by atoms with Crippen LogP contribution < -0.4 is 4.18 Å². The summed E-state index contributed by atoms with van der Waals surface area (Å²) >= 11 is 1.59. The predicted octanol–water partition coefficient (Wildman–Crippen LogP) is 3.51. The molecule has 2 aliphatic heterocycles.